The topological polar surface area (TPSA) is 133 Å². The average Bonchev–Trinajstić information content (AvgIpc) is 2.87. The van der Waals surface area contributed by atoms with Crippen molar-refractivity contribution in [2.24, 2.45) is 0 Å². The van der Waals surface area contributed by atoms with E-state index in [1.807, 2.05) is 24.3 Å². The second kappa shape index (κ2) is 13.9. The molecule has 0 aliphatic heterocycles. The summed E-state index contributed by atoms with van der Waals surface area (Å²) >= 11 is 0.549. The summed E-state index contributed by atoms with van der Waals surface area (Å²) in [5, 5.41) is 13.2. The molecule has 2 aromatic carbocycles. The summed E-state index contributed by atoms with van der Waals surface area (Å²) in [5.74, 6) is -2.74. The smallest absolute Gasteiger partial charge is 0.475 e. The fourth-order valence-electron chi connectivity index (χ4n) is 2.91. The van der Waals surface area contributed by atoms with Crippen LogP contribution in [0.3, 0.4) is 0 Å². The minimum atomic E-state index is -5.08. The molecule has 3 aromatic rings. The van der Waals surface area contributed by atoms with Crippen molar-refractivity contribution in [3.8, 4) is 0 Å². The Morgan fingerprint density at radius 3 is 2.00 bits per heavy atom. The maximum absolute atomic E-state index is 12.8. The molecule has 4 N–H and O–H groups in total. The first-order valence-corrected chi connectivity index (χ1v) is 13.9. The molecule has 224 valence electrons. The number of aliphatic carboxylic acids is 1. The highest BCUT2D eigenvalue weighted by Crippen LogP contribution is 2.35. The number of aromatic nitrogens is 2. The molecular formula is C24H25F6N5O4S2. The first kappa shape index (κ1) is 33.6. The van der Waals surface area contributed by atoms with E-state index < -0.39 is 34.1 Å². The Bertz CT molecular complexity index is 1430. The molecule has 0 fully saturated rings. The number of sulfonamides is 1. The fraction of sp³-hybridized carbons (Fsp3) is 0.292. The molecule has 3 rings (SSSR count). The Kier molecular flexibility index (Phi) is 11.4. The van der Waals surface area contributed by atoms with Gasteiger partial charge in [-0.2, -0.15) is 26.3 Å². The van der Waals surface area contributed by atoms with Gasteiger partial charge in [-0.05, 0) is 48.9 Å². The van der Waals surface area contributed by atoms with Gasteiger partial charge in [0, 0.05) is 16.6 Å². The van der Waals surface area contributed by atoms with Crippen LogP contribution in [0.4, 0.5) is 49.4 Å². The van der Waals surface area contributed by atoms with Crippen molar-refractivity contribution in [1.29, 1.82) is 0 Å². The first-order chi connectivity index (χ1) is 18.9. The molecule has 0 aliphatic rings. The lowest BCUT2D eigenvalue weighted by Crippen LogP contribution is -2.21. The van der Waals surface area contributed by atoms with Crippen molar-refractivity contribution in [1.82, 2.24) is 14.7 Å². The molecule has 0 unspecified atom stereocenters. The Hall–Kier alpha value is -3.57. The van der Waals surface area contributed by atoms with Crippen molar-refractivity contribution in [3.63, 3.8) is 0 Å². The number of rotatable bonds is 9. The maximum Gasteiger partial charge on any atom is 0.490 e. The number of hydrogen-bond acceptors (Lipinski definition) is 8. The van der Waals surface area contributed by atoms with Gasteiger partial charge in [0.15, 0.2) is 0 Å². The van der Waals surface area contributed by atoms with E-state index >= 15 is 0 Å². The number of nitrogens with one attached hydrogen (secondary N) is 3. The zero-order valence-corrected chi connectivity index (χ0v) is 23.3. The number of alkyl halides is 6. The molecule has 1 heterocycles. The molecule has 0 saturated heterocycles. The summed E-state index contributed by atoms with van der Waals surface area (Å²) < 4.78 is 96.6. The van der Waals surface area contributed by atoms with Crippen molar-refractivity contribution in [3.05, 3.63) is 60.4 Å². The second-order valence-corrected chi connectivity index (χ2v) is 11.3. The molecule has 0 radical (unpaired) electrons. The van der Waals surface area contributed by atoms with Crippen LogP contribution >= 0.6 is 11.8 Å². The van der Waals surface area contributed by atoms with Crippen LogP contribution in [0.25, 0.3) is 0 Å². The van der Waals surface area contributed by atoms with Crippen molar-refractivity contribution in [2.45, 2.75) is 41.9 Å². The zero-order valence-electron chi connectivity index (χ0n) is 21.6. The molecule has 1 aromatic heterocycles. The molecule has 0 amide bonds. The number of carbonyl (C=O) groups is 1. The zero-order chi connectivity index (χ0) is 31.0. The number of anilines is 4. The van der Waals surface area contributed by atoms with Gasteiger partial charge in [0.2, 0.25) is 10.0 Å². The second-order valence-electron chi connectivity index (χ2n) is 8.39. The minimum absolute atomic E-state index is 0.0912. The predicted octanol–water partition coefficient (Wildman–Crippen LogP) is 6.28. The first-order valence-electron chi connectivity index (χ1n) is 11.4. The quantitative estimate of drug-likeness (QED) is 0.160. The standard InChI is InChI=1S/C22H24F3N5O2S2.C2HF3O2/c1-14(2)15-4-6-16(7-5-15)29-20-11-21(28-13-27-20)30-18-10-17(34(31,32)26-3)8-9-19(18)33-12-22(23,24)25;3-2(4,5)1(6)7/h4-11,13-14,26H,12H2,1-3H3,(H2,27,28,29,30);(H,6,7). The number of hydrogen-bond donors (Lipinski definition) is 4. The summed E-state index contributed by atoms with van der Waals surface area (Å²) in [4.78, 5) is 17.3. The van der Waals surface area contributed by atoms with Gasteiger partial charge in [-0.15, -0.1) is 11.8 Å². The van der Waals surface area contributed by atoms with Crippen molar-refractivity contribution in [2.75, 3.05) is 23.4 Å². The lowest BCUT2D eigenvalue weighted by Gasteiger charge is -2.15. The Morgan fingerprint density at radius 2 is 1.51 bits per heavy atom. The Labute approximate surface area is 235 Å². The number of thioether (sulfide) groups is 1. The predicted molar refractivity (Wildman–Crippen MR) is 142 cm³/mol. The molecule has 41 heavy (non-hydrogen) atoms. The van der Waals surface area contributed by atoms with Crippen molar-refractivity contribution >= 4 is 50.8 Å². The van der Waals surface area contributed by atoms with Gasteiger partial charge >= 0.3 is 18.3 Å². The third-order valence-electron chi connectivity index (χ3n) is 4.94. The lowest BCUT2D eigenvalue weighted by molar-refractivity contribution is -0.192. The lowest BCUT2D eigenvalue weighted by atomic mass is 10.0. The van der Waals surface area contributed by atoms with Crippen LogP contribution in [0, 0.1) is 0 Å². The summed E-state index contributed by atoms with van der Waals surface area (Å²) in [6.07, 6.45) is -8.17. The number of nitrogens with zero attached hydrogens (tertiary/aromatic N) is 2. The molecular weight excluding hydrogens is 600 g/mol. The SMILES string of the molecule is CNS(=O)(=O)c1ccc(SCC(F)(F)F)c(Nc2cc(Nc3ccc(C(C)C)cc3)ncn2)c1.O=C(O)C(F)(F)F. The van der Waals surface area contributed by atoms with Gasteiger partial charge in [0.25, 0.3) is 0 Å². The molecule has 9 nitrogen and oxygen atoms in total. The van der Waals surface area contributed by atoms with E-state index in [1.54, 1.807) is 6.07 Å². The van der Waals surface area contributed by atoms with E-state index in [0.29, 0.717) is 23.5 Å². The molecule has 0 bridgehead atoms. The number of carboxylic acid groups (broad SMARTS) is 1. The average molecular weight is 626 g/mol. The highest BCUT2D eigenvalue weighted by atomic mass is 32.2. The summed E-state index contributed by atoms with van der Waals surface area (Å²) in [7, 11) is -2.54. The summed E-state index contributed by atoms with van der Waals surface area (Å²) in [5.41, 5.74) is 2.17. The summed E-state index contributed by atoms with van der Waals surface area (Å²) in [6, 6.07) is 13.3. The van der Waals surface area contributed by atoms with E-state index in [0.717, 1.165) is 5.69 Å². The molecule has 0 aliphatic carbocycles. The van der Waals surface area contributed by atoms with Crippen LogP contribution in [0.15, 0.2) is 64.6 Å². The van der Waals surface area contributed by atoms with Crippen molar-refractivity contribution < 1.29 is 44.7 Å². The molecule has 0 atom stereocenters. The number of benzene rings is 2. The van der Waals surface area contributed by atoms with E-state index in [4.69, 9.17) is 9.90 Å². The third kappa shape index (κ3) is 11.1. The molecule has 17 heteroatoms. The van der Waals surface area contributed by atoms with Crippen LogP contribution in [0.2, 0.25) is 0 Å². The van der Waals surface area contributed by atoms with Gasteiger partial charge in [-0.3, -0.25) is 0 Å². The van der Waals surface area contributed by atoms with Gasteiger partial charge in [-0.1, -0.05) is 26.0 Å². The van der Waals surface area contributed by atoms with Crippen LogP contribution in [-0.2, 0) is 14.8 Å². The van der Waals surface area contributed by atoms with Gasteiger partial charge in [0.1, 0.15) is 18.0 Å². The van der Waals surface area contributed by atoms with E-state index in [-0.39, 0.29) is 21.3 Å². The van der Waals surface area contributed by atoms with Crippen LogP contribution in [0.1, 0.15) is 25.3 Å². The van der Waals surface area contributed by atoms with Crippen LogP contribution < -0.4 is 15.4 Å². The molecule has 0 saturated carbocycles. The third-order valence-corrected chi connectivity index (χ3v) is 7.49. The fourth-order valence-corrected chi connectivity index (χ4v) is 4.41. The van der Waals surface area contributed by atoms with Gasteiger partial charge in [0.05, 0.1) is 16.3 Å². The van der Waals surface area contributed by atoms with Gasteiger partial charge in [-0.25, -0.2) is 27.9 Å². The van der Waals surface area contributed by atoms with Crippen LogP contribution in [0.5, 0.6) is 0 Å². The highest BCUT2D eigenvalue weighted by Gasteiger charge is 2.38. The molecule has 0 spiro atoms. The number of halogens is 6. The maximum atomic E-state index is 12.8. The van der Waals surface area contributed by atoms with Crippen LogP contribution in [-0.4, -0.2) is 54.6 Å². The van der Waals surface area contributed by atoms with E-state index in [9.17, 15) is 34.8 Å². The van der Waals surface area contributed by atoms with E-state index in [2.05, 4.69) is 39.2 Å². The Morgan fingerprint density at radius 1 is 0.951 bits per heavy atom. The normalized spacial score (nSPS) is 12.0. The highest BCUT2D eigenvalue weighted by molar-refractivity contribution is 7.99. The van der Waals surface area contributed by atoms with E-state index in [1.165, 1.54) is 37.1 Å². The number of carboxylic acids is 1. The largest absolute Gasteiger partial charge is 0.490 e. The monoisotopic (exact) mass is 625 g/mol. The Balaban J connectivity index is 0.000000745. The summed E-state index contributed by atoms with van der Waals surface area (Å²) in [6.45, 7) is 4.20. The van der Waals surface area contributed by atoms with Gasteiger partial charge < -0.3 is 15.7 Å². The minimum Gasteiger partial charge on any atom is -0.475 e.